The predicted molar refractivity (Wildman–Crippen MR) is 112 cm³/mol. The quantitative estimate of drug-likeness (QED) is 0.611. The van der Waals surface area contributed by atoms with Crippen LogP contribution in [0.2, 0.25) is 0 Å². The molecule has 5 nitrogen and oxygen atoms in total. The van der Waals surface area contributed by atoms with Crippen molar-refractivity contribution >= 4 is 39.0 Å². The summed E-state index contributed by atoms with van der Waals surface area (Å²) in [5.74, 6) is -0.920. The molecule has 2 aromatic carbocycles. The molecule has 1 amide bonds. The zero-order valence-corrected chi connectivity index (χ0v) is 16.9. The third-order valence-electron chi connectivity index (χ3n) is 5.18. The molecule has 0 bridgehead atoms. The first-order valence-corrected chi connectivity index (χ1v) is 10.3. The van der Waals surface area contributed by atoms with Crippen LogP contribution in [0.3, 0.4) is 0 Å². The number of nitrogens with zero attached hydrogens (tertiary/aromatic N) is 2. The third-order valence-corrected chi connectivity index (χ3v) is 6.43. The van der Waals surface area contributed by atoms with Gasteiger partial charge in [0.15, 0.2) is 6.61 Å². The van der Waals surface area contributed by atoms with Crippen LogP contribution in [0.15, 0.2) is 48.5 Å². The number of aryl methyl sites for hydroxylation is 1. The number of carbonyl (C=O) groups excluding carboxylic acids is 2. The first-order valence-electron chi connectivity index (χ1n) is 9.46. The zero-order valence-electron chi connectivity index (χ0n) is 16.1. The highest BCUT2D eigenvalue weighted by Crippen LogP contribution is 2.31. The average Bonchev–Trinajstić information content (AvgIpc) is 3.09. The molecule has 150 valence electrons. The average molecular weight is 412 g/mol. The fraction of sp³-hybridized carbons (Fsp3) is 0.273. The van der Waals surface area contributed by atoms with Crippen LogP contribution in [0.5, 0.6) is 0 Å². The van der Waals surface area contributed by atoms with Crippen LogP contribution in [-0.2, 0) is 9.53 Å². The number of carbonyl (C=O) groups is 2. The lowest BCUT2D eigenvalue weighted by Crippen LogP contribution is -2.49. The highest BCUT2D eigenvalue weighted by atomic mass is 32.1. The van der Waals surface area contributed by atoms with Crippen LogP contribution < -0.4 is 4.90 Å². The number of ether oxygens (including phenoxy) is 1. The minimum Gasteiger partial charge on any atom is -0.451 e. The maximum atomic E-state index is 13.1. The lowest BCUT2D eigenvalue weighted by atomic mass is 10.1. The van der Waals surface area contributed by atoms with E-state index >= 15 is 0 Å². The van der Waals surface area contributed by atoms with Crippen molar-refractivity contribution in [2.24, 2.45) is 0 Å². The predicted octanol–water partition coefficient (Wildman–Crippen LogP) is 3.85. The van der Waals surface area contributed by atoms with Crippen LogP contribution in [0.25, 0.3) is 10.1 Å². The van der Waals surface area contributed by atoms with E-state index in [-0.39, 0.29) is 18.3 Å². The van der Waals surface area contributed by atoms with Crippen molar-refractivity contribution in [1.29, 1.82) is 0 Å². The number of piperazine rings is 1. The van der Waals surface area contributed by atoms with E-state index in [2.05, 4.69) is 4.90 Å². The number of anilines is 1. The molecule has 0 unspecified atom stereocenters. The Kier molecular flexibility index (Phi) is 5.49. The van der Waals surface area contributed by atoms with E-state index in [0.29, 0.717) is 31.1 Å². The van der Waals surface area contributed by atoms with Crippen LogP contribution in [0.4, 0.5) is 10.1 Å². The topological polar surface area (TPSA) is 49.9 Å². The van der Waals surface area contributed by atoms with Crippen LogP contribution in [0.1, 0.15) is 15.2 Å². The molecule has 0 saturated carbocycles. The summed E-state index contributed by atoms with van der Waals surface area (Å²) in [6.45, 7) is 4.02. The van der Waals surface area contributed by atoms with Gasteiger partial charge in [-0.05, 0) is 48.2 Å². The molecule has 0 spiro atoms. The van der Waals surface area contributed by atoms with Gasteiger partial charge >= 0.3 is 5.97 Å². The lowest BCUT2D eigenvalue weighted by molar-refractivity contribution is -0.134. The number of thiophene rings is 1. The molecule has 0 aliphatic carbocycles. The molecule has 3 aromatic rings. The van der Waals surface area contributed by atoms with Crippen LogP contribution in [0, 0.1) is 12.7 Å². The summed E-state index contributed by atoms with van der Waals surface area (Å²) in [7, 11) is 0. The van der Waals surface area contributed by atoms with E-state index < -0.39 is 5.97 Å². The molecule has 0 atom stereocenters. The summed E-state index contributed by atoms with van der Waals surface area (Å²) < 4.78 is 19.4. The Labute approximate surface area is 172 Å². The molecule has 29 heavy (non-hydrogen) atoms. The normalized spacial score (nSPS) is 14.3. The van der Waals surface area contributed by atoms with Crippen molar-refractivity contribution in [3.8, 4) is 0 Å². The second-order valence-corrected chi connectivity index (χ2v) is 8.02. The highest BCUT2D eigenvalue weighted by Gasteiger charge is 2.23. The second kappa shape index (κ2) is 8.21. The Hall–Kier alpha value is -2.93. The molecule has 0 N–H and O–H groups in total. The fourth-order valence-corrected chi connectivity index (χ4v) is 4.62. The van der Waals surface area contributed by atoms with E-state index in [4.69, 9.17) is 4.74 Å². The van der Waals surface area contributed by atoms with Gasteiger partial charge in [-0.25, -0.2) is 9.18 Å². The fourth-order valence-electron chi connectivity index (χ4n) is 3.52. The Morgan fingerprint density at radius 3 is 2.41 bits per heavy atom. The Morgan fingerprint density at radius 2 is 1.72 bits per heavy atom. The molecule has 1 aliphatic rings. The van der Waals surface area contributed by atoms with Crippen LogP contribution >= 0.6 is 11.3 Å². The maximum absolute atomic E-state index is 13.1. The number of fused-ring (bicyclic) bond motifs is 1. The van der Waals surface area contributed by atoms with Crippen molar-refractivity contribution < 1.29 is 18.7 Å². The number of benzene rings is 2. The lowest BCUT2D eigenvalue weighted by Gasteiger charge is -2.36. The summed E-state index contributed by atoms with van der Waals surface area (Å²) in [5, 5.41) is 1.03. The first kappa shape index (κ1) is 19.4. The largest absolute Gasteiger partial charge is 0.451 e. The summed E-state index contributed by atoms with van der Waals surface area (Å²) in [6.07, 6.45) is 0. The molecule has 1 aromatic heterocycles. The van der Waals surface area contributed by atoms with E-state index in [1.54, 1.807) is 17.0 Å². The molecule has 1 aliphatic heterocycles. The van der Waals surface area contributed by atoms with E-state index in [1.807, 2.05) is 31.2 Å². The molecule has 1 fully saturated rings. The first-order chi connectivity index (χ1) is 14.0. The molecular formula is C22H21FN2O3S. The van der Waals surface area contributed by atoms with Gasteiger partial charge in [-0.1, -0.05) is 18.2 Å². The van der Waals surface area contributed by atoms with Crippen molar-refractivity contribution in [3.05, 3.63) is 64.8 Å². The molecule has 7 heteroatoms. The number of rotatable bonds is 4. The molecule has 2 heterocycles. The van der Waals surface area contributed by atoms with Crippen molar-refractivity contribution in [2.75, 3.05) is 37.7 Å². The van der Waals surface area contributed by atoms with Gasteiger partial charge in [-0.15, -0.1) is 11.3 Å². The molecule has 0 radical (unpaired) electrons. The van der Waals surface area contributed by atoms with E-state index in [0.717, 1.165) is 21.3 Å². The summed E-state index contributed by atoms with van der Waals surface area (Å²) >= 11 is 1.39. The Morgan fingerprint density at radius 1 is 1.03 bits per heavy atom. The van der Waals surface area contributed by atoms with Gasteiger partial charge in [0, 0.05) is 36.6 Å². The molecule has 1 saturated heterocycles. The van der Waals surface area contributed by atoms with Gasteiger partial charge in [0.25, 0.3) is 5.91 Å². The Balaban J connectivity index is 1.31. The monoisotopic (exact) mass is 412 g/mol. The van der Waals surface area contributed by atoms with E-state index in [1.165, 1.54) is 23.5 Å². The van der Waals surface area contributed by atoms with Gasteiger partial charge in [0.1, 0.15) is 10.7 Å². The zero-order chi connectivity index (χ0) is 20.4. The number of hydrogen-bond donors (Lipinski definition) is 0. The van der Waals surface area contributed by atoms with Gasteiger partial charge in [0.05, 0.1) is 0 Å². The third kappa shape index (κ3) is 4.10. The van der Waals surface area contributed by atoms with Crippen molar-refractivity contribution in [3.63, 3.8) is 0 Å². The molecular weight excluding hydrogens is 391 g/mol. The summed E-state index contributed by atoms with van der Waals surface area (Å²) in [6, 6.07) is 14.2. The van der Waals surface area contributed by atoms with Crippen molar-refractivity contribution in [2.45, 2.75) is 6.92 Å². The minimum absolute atomic E-state index is 0.198. The van der Waals surface area contributed by atoms with Gasteiger partial charge in [0.2, 0.25) is 0 Å². The summed E-state index contributed by atoms with van der Waals surface area (Å²) in [4.78, 5) is 29.3. The number of amides is 1. The van der Waals surface area contributed by atoms with E-state index in [9.17, 15) is 14.0 Å². The summed E-state index contributed by atoms with van der Waals surface area (Å²) in [5.41, 5.74) is 1.82. The SMILES string of the molecule is Cc1c(C(=O)OCC(=O)N2CCN(c3ccc(F)cc3)CC2)sc2ccccc12. The number of esters is 1. The van der Waals surface area contributed by atoms with Gasteiger partial charge < -0.3 is 14.5 Å². The minimum atomic E-state index is -0.456. The number of hydrogen-bond acceptors (Lipinski definition) is 5. The van der Waals surface area contributed by atoms with Crippen molar-refractivity contribution in [1.82, 2.24) is 4.90 Å². The molecule has 4 rings (SSSR count). The Bertz CT molecular complexity index is 1040. The standard InChI is InChI=1S/C22H21FN2O3S/c1-15-18-4-2-3-5-19(18)29-21(15)22(27)28-14-20(26)25-12-10-24(11-13-25)17-8-6-16(23)7-9-17/h2-9H,10-14H2,1H3. The van der Waals surface area contributed by atoms with Crippen LogP contribution in [-0.4, -0.2) is 49.6 Å². The maximum Gasteiger partial charge on any atom is 0.349 e. The smallest absolute Gasteiger partial charge is 0.349 e. The second-order valence-electron chi connectivity index (χ2n) is 6.97. The van der Waals surface area contributed by atoms with Gasteiger partial charge in [-0.3, -0.25) is 4.79 Å². The highest BCUT2D eigenvalue weighted by molar-refractivity contribution is 7.21. The van der Waals surface area contributed by atoms with Gasteiger partial charge in [-0.2, -0.15) is 0 Å². The number of halogens is 1.